The van der Waals surface area contributed by atoms with Gasteiger partial charge in [0.15, 0.2) is 5.16 Å². The van der Waals surface area contributed by atoms with E-state index in [1.165, 1.54) is 5.56 Å². The second kappa shape index (κ2) is 9.95. The molecule has 1 amide bonds. The van der Waals surface area contributed by atoms with Gasteiger partial charge in [0.1, 0.15) is 11.6 Å². The van der Waals surface area contributed by atoms with E-state index in [0.717, 1.165) is 22.3 Å². The van der Waals surface area contributed by atoms with Crippen LogP contribution in [-0.4, -0.2) is 27.8 Å². The quantitative estimate of drug-likeness (QED) is 0.409. The third-order valence-corrected chi connectivity index (χ3v) is 5.62. The van der Waals surface area contributed by atoms with Crippen LogP contribution in [0.15, 0.2) is 90.1 Å². The molecule has 0 aliphatic heterocycles. The van der Waals surface area contributed by atoms with Crippen LogP contribution in [0.5, 0.6) is 5.75 Å². The van der Waals surface area contributed by atoms with E-state index in [2.05, 4.69) is 27.6 Å². The highest BCUT2D eigenvalue weighted by atomic mass is 32.2. The van der Waals surface area contributed by atoms with Crippen molar-refractivity contribution in [1.29, 1.82) is 0 Å². The number of nitrogens with zero attached hydrogens (tertiary/aromatic N) is 3. The number of rotatable bonds is 8. The Kier molecular flexibility index (Phi) is 6.64. The molecule has 7 heteroatoms. The van der Waals surface area contributed by atoms with Gasteiger partial charge in [-0.05, 0) is 42.0 Å². The SMILES string of the molecule is COc1ccc(NC(=O)Cc2nnc(SCc3ccccc3)n2-c2ccccc2)cc1. The molecule has 0 fully saturated rings. The summed E-state index contributed by atoms with van der Waals surface area (Å²) in [5.41, 5.74) is 2.83. The number of aromatic nitrogens is 3. The average Bonchev–Trinajstić information content (AvgIpc) is 3.21. The van der Waals surface area contributed by atoms with Gasteiger partial charge >= 0.3 is 0 Å². The summed E-state index contributed by atoms with van der Waals surface area (Å²) in [5, 5.41) is 12.4. The molecule has 0 bridgehead atoms. The Hall–Kier alpha value is -3.58. The van der Waals surface area contributed by atoms with Gasteiger partial charge in [-0.15, -0.1) is 10.2 Å². The van der Waals surface area contributed by atoms with Crippen LogP contribution in [0, 0.1) is 0 Å². The monoisotopic (exact) mass is 430 g/mol. The zero-order valence-corrected chi connectivity index (χ0v) is 17.9. The number of hydrogen-bond donors (Lipinski definition) is 1. The Morgan fingerprint density at radius 3 is 2.29 bits per heavy atom. The lowest BCUT2D eigenvalue weighted by Crippen LogP contribution is -2.17. The molecule has 0 atom stereocenters. The maximum absolute atomic E-state index is 12.7. The first-order valence-corrected chi connectivity index (χ1v) is 10.8. The summed E-state index contributed by atoms with van der Waals surface area (Å²) < 4.78 is 7.10. The molecule has 31 heavy (non-hydrogen) atoms. The Morgan fingerprint density at radius 1 is 0.935 bits per heavy atom. The highest BCUT2D eigenvalue weighted by molar-refractivity contribution is 7.98. The van der Waals surface area contributed by atoms with Crippen molar-refractivity contribution in [1.82, 2.24) is 14.8 Å². The van der Waals surface area contributed by atoms with E-state index in [-0.39, 0.29) is 12.3 Å². The van der Waals surface area contributed by atoms with E-state index in [4.69, 9.17) is 4.74 Å². The van der Waals surface area contributed by atoms with Gasteiger partial charge in [0.05, 0.1) is 13.5 Å². The second-order valence-electron chi connectivity index (χ2n) is 6.80. The third kappa shape index (κ3) is 5.32. The molecule has 4 rings (SSSR count). The standard InChI is InChI=1S/C24H22N4O2S/c1-30-21-14-12-19(13-15-21)25-23(29)16-22-26-27-24(28(22)20-10-6-3-7-11-20)31-17-18-8-4-2-5-9-18/h2-15H,16-17H2,1H3,(H,25,29). The summed E-state index contributed by atoms with van der Waals surface area (Å²) in [6.45, 7) is 0. The minimum Gasteiger partial charge on any atom is -0.497 e. The number of hydrogen-bond acceptors (Lipinski definition) is 5. The summed E-state index contributed by atoms with van der Waals surface area (Å²) in [4.78, 5) is 12.7. The van der Waals surface area contributed by atoms with Crippen molar-refractivity contribution in [3.05, 3.63) is 96.3 Å². The first-order valence-electron chi connectivity index (χ1n) is 9.83. The Balaban J connectivity index is 1.53. The van der Waals surface area contributed by atoms with Crippen molar-refractivity contribution in [2.45, 2.75) is 17.3 Å². The van der Waals surface area contributed by atoms with Gasteiger partial charge in [-0.2, -0.15) is 0 Å². The summed E-state index contributed by atoms with van der Waals surface area (Å²) in [6.07, 6.45) is 0.111. The number of carbonyl (C=O) groups is 1. The van der Waals surface area contributed by atoms with Crippen LogP contribution >= 0.6 is 11.8 Å². The molecule has 1 heterocycles. The molecule has 6 nitrogen and oxygen atoms in total. The fourth-order valence-electron chi connectivity index (χ4n) is 3.09. The molecule has 0 saturated carbocycles. The molecule has 0 unspecified atom stereocenters. The maximum atomic E-state index is 12.7. The van der Waals surface area contributed by atoms with Gasteiger partial charge in [0.2, 0.25) is 5.91 Å². The van der Waals surface area contributed by atoms with E-state index >= 15 is 0 Å². The molecule has 0 radical (unpaired) electrons. The molecular weight excluding hydrogens is 408 g/mol. The van der Waals surface area contributed by atoms with Crippen molar-refractivity contribution < 1.29 is 9.53 Å². The summed E-state index contributed by atoms with van der Waals surface area (Å²) in [7, 11) is 1.61. The number of amides is 1. The average molecular weight is 431 g/mol. The van der Waals surface area contributed by atoms with Crippen LogP contribution in [0.25, 0.3) is 5.69 Å². The van der Waals surface area contributed by atoms with Crippen molar-refractivity contribution in [3.8, 4) is 11.4 Å². The molecule has 0 aliphatic rings. The number of carbonyl (C=O) groups excluding carboxylic acids is 1. The van der Waals surface area contributed by atoms with Crippen molar-refractivity contribution in [2.24, 2.45) is 0 Å². The van der Waals surface area contributed by atoms with E-state index in [0.29, 0.717) is 11.5 Å². The molecule has 3 aromatic carbocycles. The van der Waals surface area contributed by atoms with Gasteiger partial charge in [-0.3, -0.25) is 9.36 Å². The lowest BCUT2D eigenvalue weighted by atomic mass is 10.2. The molecule has 0 aliphatic carbocycles. The molecule has 156 valence electrons. The zero-order valence-electron chi connectivity index (χ0n) is 17.1. The summed E-state index contributed by atoms with van der Waals surface area (Å²) in [6, 6.07) is 27.3. The second-order valence-corrected chi connectivity index (χ2v) is 7.74. The summed E-state index contributed by atoms with van der Waals surface area (Å²) >= 11 is 1.59. The number of para-hydroxylation sites is 1. The normalized spacial score (nSPS) is 10.6. The van der Waals surface area contributed by atoms with Gasteiger partial charge in [0.25, 0.3) is 0 Å². The largest absolute Gasteiger partial charge is 0.497 e. The zero-order chi connectivity index (χ0) is 21.5. The topological polar surface area (TPSA) is 69.0 Å². The van der Waals surface area contributed by atoms with Gasteiger partial charge in [-0.25, -0.2) is 0 Å². The minimum atomic E-state index is -0.158. The number of thioether (sulfide) groups is 1. The number of nitrogens with one attached hydrogen (secondary N) is 1. The predicted octanol–water partition coefficient (Wildman–Crippen LogP) is 4.75. The molecular formula is C24H22N4O2S. The van der Waals surface area contributed by atoms with E-state index in [9.17, 15) is 4.79 Å². The minimum absolute atomic E-state index is 0.111. The third-order valence-electron chi connectivity index (χ3n) is 4.62. The number of anilines is 1. The highest BCUT2D eigenvalue weighted by Crippen LogP contribution is 2.25. The fourth-order valence-corrected chi connectivity index (χ4v) is 4.02. The van der Waals surface area contributed by atoms with Crippen LogP contribution in [0.3, 0.4) is 0 Å². The first-order chi connectivity index (χ1) is 15.2. The van der Waals surface area contributed by atoms with Crippen molar-refractivity contribution >= 4 is 23.4 Å². The molecule has 1 N–H and O–H groups in total. The van der Waals surface area contributed by atoms with Crippen LogP contribution in [0.4, 0.5) is 5.69 Å². The van der Waals surface area contributed by atoms with Crippen molar-refractivity contribution in [3.63, 3.8) is 0 Å². The van der Waals surface area contributed by atoms with Gasteiger partial charge < -0.3 is 10.1 Å². The van der Waals surface area contributed by atoms with Crippen LogP contribution < -0.4 is 10.1 Å². The molecule has 0 spiro atoms. The van der Waals surface area contributed by atoms with Gasteiger partial charge in [0, 0.05) is 17.1 Å². The highest BCUT2D eigenvalue weighted by Gasteiger charge is 2.17. The van der Waals surface area contributed by atoms with E-state index < -0.39 is 0 Å². The Labute approximate surface area is 185 Å². The Bertz CT molecular complexity index is 1130. The van der Waals surface area contributed by atoms with Crippen LogP contribution in [0.1, 0.15) is 11.4 Å². The van der Waals surface area contributed by atoms with Crippen LogP contribution in [0.2, 0.25) is 0 Å². The van der Waals surface area contributed by atoms with Crippen molar-refractivity contribution in [2.75, 3.05) is 12.4 Å². The Morgan fingerprint density at radius 2 is 1.61 bits per heavy atom. The molecule has 4 aromatic rings. The number of benzene rings is 3. The first kappa shape index (κ1) is 20.7. The van der Waals surface area contributed by atoms with Gasteiger partial charge in [-0.1, -0.05) is 60.3 Å². The lowest BCUT2D eigenvalue weighted by Gasteiger charge is -2.11. The van der Waals surface area contributed by atoms with E-state index in [1.807, 2.05) is 53.1 Å². The smallest absolute Gasteiger partial charge is 0.232 e. The lowest BCUT2D eigenvalue weighted by molar-refractivity contribution is -0.115. The number of ether oxygens (including phenoxy) is 1. The predicted molar refractivity (Wildman–Crippen MR) is 123 cm³/mol. The maximum Gasteiger partial charge on any atom is 0.232 e. The molecule has 1 aromatic heterocycles. The fraction of sp³-hybridized carbons (Fsp3) is 0.125. The molecule has 0 saturated heterocycles. The number of methoxy groups -OCH3 is 1. The summed E-state index contributed by atoms with van der Waals surface area (Å²) in [5.74, 6) is 1.94. The van der Waals surface area contributed by atoms with Crippen LogP contribution in [-0.2, 0) is 17.0 Å². The van der Waals surface area contributed by atoms with E-state index in [1.54, 1.807) is 43.1 Å².